The first kappa shape index (κ1) is 12.7. The van der Waals surface area contributed by atoms with Crippen LogP contribution in [0.25, 0.3) is 11.0 Å². The summed E-state index contributed by atoms with van der Waals surface area (Å²) in [6.07, 6.45) is 2.56. The zero-order valence-electron chi connectivity index (χ0n) is 12.0. The Hall–Kier alpha value is -2.06. The van der Waals surface area contributed by atoms with Gasteiger partial charge in [0, 0.05) is 17.3 Å². The van der Waals surface area contributed by atoms with Gasteiger partial charge in [0.25, 0.3) is 0 Å². The Morgan fingerprint density at radius 3 is 2.48 bits per heavy atom. The number of furan rings is 1. The lowest BCUT2D eigenvalue weighted by Gasteiger charge is -2.16. The van der Waals surface area contributed by atoms with E-state index in [2.05, 4.69) is 47.8 Å². The lowest BCUT2D eigenvalue weighted by Crippen LogP contribution is -2.26. The summed E-state index contributed by atoms with van der Waals surface area (Å²) in [5, 5.41) is 4.75. The van der Waals surface area contributed by atoms with E-state index < -0.39 is 0 Å². The molecule has 0 aliphatic heterocycles. The monoisotopic (exact) mass is 277 g/mol. The molecule has 0 saturated heterocycles. The Kier molecular flexibility index (Phi) is 3.04. The second kappa shape index (κ2) is 5.05. The van der Waals surface area contributed by atoms with Crippen molar-refractivity contribution in [3.8, 4) is 0 Å². The number of benzene rings is 2. The Bertz CT molecular complexity index is 707. The highest BCUT2D eigenvalue weighted by Gasteiger charge is 2.43. The van der Waals surface area contributed by atoms with E-state index in [-0.39, 0.29) is 0 Å². The lowest BCUT2D eigenvalue weighted by molar-refractivity contribution is 0.492. The smallest absolute Gasteiger partial charge is 0.134 e. The van der Waals surface area contributed by atoms with Crippen molar-refractivity contribution in [2.75, 3.05) is 6.54 Å². The van der Waals surface area contributed by atoms with Crippen molar-refractivity contribution < 1.29 is 4.42 Å². The van der Waals surface area contributed by atoms with Crippen LogP contribution in [0.2, 0.25) is 0 Å². The predicted octanol–water partition coefficient (Wildman–Crippen LogP) is 4.25. The molecule has 4 rings (SSSR count). The molecule has 0 atom stereocenters. The van der Waals surface area contributed by atoms with Crippen LogP contribution in [0, 0.1) is 0 Å². The molecule has 0 radical (unpaired) electrons. The van der Waals surface area contributed by atoms with Crippen molar-refractivity contribution >= 4 is 11.0 Å². The summed E-state index contributed by atoms with van der Waals surface area (Å²) in [4.78, 5) is 0. The third kappa shape index (κ3) is 2.47. The Labute approximate surface area is 124 Å². The Morgan fingerprint density at radius 2 is 1.71 bits per heavy atom. The van der Waals surface area contributed by atoms with Crippen LogP contribution in [0.5, 0.6) is 0 Å². The van der Waals surface area contributed by atoms with Gasteiger partial charge in [0.2, 0.25) is 0 Å². The fourth-order valence-electron chi connectivity index (χ4n) is 3.06. The SMILES string of the molecule is c1ccc(C2(CNCc3cc4ccccc4o3)CC2)cc1. The van der Waals surface area contributed by atoms with Crippen LogP contribution in [0.4, 0.5) is 0 Å². The molecule has 2 heteroatoms. The molecule has 1 saturated carbocycles. The van der Waals surface area contributed by atoms with Crippen LogP contribution >= 0.6 is 0 Å². The summed E-state index contributed by atoms with van der Waals surface area (Å²) in [7, 11) is 0. The maximum Gasteiger partial charge on any atom is 0.134 e. The van der Waals surface area contributed by atoms with Crippen molar-refractivity contribution in [3.63, 3.8) is 0 Å². The summed E-state index contributed by atoms with van der Waals surface area (Å²) in [5.41, 5.74) is 2.79. The molecule has 0 amide bonds. The first-order valence-electron chi connectivity index (χ1n) is 7.59. The molecule has 1 fully saturated rings. The largest absolute Gasteiger partial charge is 0.460 e. The maximum absolute atomic E-state index is 5.85. The molecule has 2 nitrogen and oxygen atoms in total. The zero-order chi connectivity index (χ0) is 14.1. The number of hydrogen-bond acceptors (Lipinski definition) is 2. The topological polar surface area (TPSA) is 25.2 Å². The van der Waals surface area contributed by atoms with Gasteiger partial charge in [-0.1, -0.05) is 48.5 Å². The molecule has 0 unspecified atom stereocenters. The molecule has 3 aromatic rings. The van der Waals surface area contributed by atoms with E-state index in [1.54, 1.807) is 0 Å². The van der Waals surface area contributed by atoms with Crippen molar-refractivity contribution in [2.45, 2.75) is 24.8 Å². The Balaban J connectivity index is 1.41. The number of para-hydroxylation sites is 1. The van der Waals surface area contributed by atoms with Crippen LogP contribution in [-0.2, 0) is 12.0 Å². The molecule has 1 aromatic heterocycles. The minimum absolute atomic E-state index is 0.354. The van der Waals surface area contributed by atoms with E-state index in [4.69, 9.17) is 4.42 Å². The fourth-order valence-corrected chi connectivity index (χ4v) is 3.06. The van der Waals surface area contributed by atoms with Gasteiger partial charge in [0.15, 0.2) is 0 Å². The van der Waals surface area contributed by atoms with Gasteiger partial charge in [-0.25, -0.2) is 0 Å². The number of hydrogen-bond donors (Lipinski definition) is 1. The van der Waals surface area contributed by atoms with Gasteiger partial charge in [0.1, 0.15) is 11.3 Å². The average Bonchev–Trinajstić information content (AvgIpc) is 3.20. The summed E-state index contributed by atoms with van der Waals surface area (Å²) >= 11 is 0. The molecule has 0 bridgehead atoms. The third-order valence-corrected chi connectivity index (χ3v) is 4.48. The zero-order valence-corrected chi connectivity index (χ0v) is 12.0. The lowest BCUT2D eigenvalue weighted by atomic mass is 9.96. The molecule has 21 heavy (non-hydrogen) atoms. The molecule has 2 aromatic carbocycles. The second-order valence-electron chi connectivity index (χ2n) is 6.00. The van der Waals surface area contributed by atoms with Crippen LogP contribution in [-0.4, -0.2) is 6.54 Å². The summed E-state index contributed by atoms with van der Waals surface area (Å²) in [6.45, 7) is 1.82. The minimum atomic E-state index is 0.354. The molecule has 1 aliphatic rings. The average molecular weight is 277 g/mol. The summed E-state index contributed by atoms with van der Waals surface area (Å²) < 4.78 is 5.85. The third-order valence-electron chi connectivity index (χ3n) is 4.48. The fraction of sp³-hybridized carbons (Fsp3) is 0.263. The highest BCUT2D eigenvalue weighted by Crippen LogP contribution is 2.47. The second-order valence-corrected chi connectivity index (χ2v) is 6.00. The van der Waals surface area contributed by atoms with E-state index >= 15 is 0 Å². The van der Waals surface area contributed by atoms with Gasteiger partial charge in [-0.15, -0.1) is 0 Å². The minimum Gasteiger partial charge on any atom is -0.460 e. The van der Waals surface area contributed by atoms with E-state index in [9.17, 15) is 0 Å². The van der Waals surface area contributed by atoms with Gasteiger partial charge < -0.3 is 9.73 Å². The van der Waals surface area contributed by atoms with E-state index in [1.165, 1.54) is 23.8 Å². The van der Waals surface area contributed by atoms with Gasteiger partial charge in [-0.05, 0) is 30.5 Å². The summed E-state index contributed by atoms with van der Waals surface area (Å²) in [6, 6.07) is 21.1. The standard InChI is InChI=1S/C19H19NO/c1-2-7-16(8-3-1)19(10-11-19)14-20-13-17-12-15-6-4-5-9-18(15)21-17/h1-9,12,20H,10-11,13-14H2. The highest BCUT2D eigenvalue weighted by atomic mass is 16.3. The predicted molar refractivity (Wildman–Crippen MR) is 85.3 cm³/mol. The molecular formula is C19H19NO. The van der Waals surface area contributed by atoms with Gasteiger partial charge in [0.05, 0.1) is 6.54 Å². The maximum atomic E-state index is 5.85. The van der Waals surface area contributed by atoms with Crippen LogP contribution < -0.4 is 5.32 Å². The molecule has 106 valence electrons. The quantitative estimate of drug-likeness (QED) is 0.754. The van der Waals surface area contributed by atoms with Crippen LogP contribution in [0.3, 0.4) is 0 Å². The summed E-state index contributed by atoms with van der Waals surface area (Å²) in [5.74, 6) is 1.01. The molecular weight excluding hydrogens is 258 g/mol. The van der Waals surface area contributed by atoms with Gasteiger partial charge in [-0.3, -0.25) is 0 Å². The first-order chi connectivity index (χ1) is 10.4. The molecule has 1 heterocycles. The van der Waals surface area contributed by atoms with Crippen LogP contribution in [0.1, 0.15) is 24.2 Å². The van der Waals surface area contributed by atoms with Crippen molar-refractivity contribution in [1.82, 2.24) is 5.32 Å². The molecule has 0 spiro atoms. The number of rotatable bonds is 5. The van der Waals surface area contributed by atoms with Crippen LogP contribution in [0.15, 0.2) is 65.1 Å². The normalized spacial score (nSPS) is 16.2. The van der Waals surface area contributed by atoms with Crippen molar-refractivity contribution in [2.24, 2.45) is 0 Å². The number of fused-ring (bicyclic) bond motifs is 1. The Morgan fingerprint density at radius 1 is 0.952 bits per heavy atom. The first-order valence-corrected chi connectivity index (χ1v) is 7.59. The van der Waals surface area contributed by atoms with E-state index in [1.807, 2.05) is 18.2 Å². The van der Waals surface area contributed by atoms with Gasteiger partial charge in [-0.2, -0.15) is 0 Å². The van der Waals surface area contributed by atoms with E-state index in [0.717, 1.165) is 24.4 Å². The van der Waals surface area contributed by atoms with Gasteiger partial charge >= 0.3 is 0 Å². The highest BCUT2D eigenvalue weighted by molar-refractivity contribution is 5.77. The van der Waals surface area contributed by atoms with Crippen molar-refractivity contribution in [1.29, 1.82) is 0 Å². The molecule has 1 N–H and O–H groups in total. The van der Waals surface area contributed by atoms with E-state index in [0.29, 0.717) is 5.41 Å². The number of nitrogens with one attached hydrogen (secondary N) is 1. The molecule has 1 aliphatic carbocycles. The van der Waals surface area contributed by atoms with Crippen molar-refractivity contribution in [3.05, 3.63) is 72.0 Å².